The molecule has 0 saturated carbocycles. The van der Waals surface area contributed by atoms with Crippen LogP contribution in [0, 0.1) is 0 Å². The Kier molecular flexibility index (Phi) is 2.79. The van der Waals surface area contributed by atoms with Gasteiger partial charge in [0.2, 0.25) is 0 Å². The van der Waals surface area contributed by atoms with Crippen LogP contribution in [0.3, 0.4) is 0 Å². The van der Waals surface area contributed by atoms with Crippen LogP contribution in [0.2, 0.25) is 0 Å². The number of hydrogen-bond donors (Lipinski definition) is 1. The number of hydrogen-bond acceptors (Lipinski definition) is 3. The highest BCUT2D eigenvalue weighted by atomic mass is 16.5. The van der Waals surface area contributed by atoms with Crippen molar-refractivity contribution in [3.8, 4) is 0 Å². The smallest absolute Gasteiger partial charge is 0.0912 e. The van der Waals surface area contributed by atoms with Crippen molar-refractivity contribution in [3.05, 3.63) is 11.8 Å². The zero-order chi connectivity index (χ0) is 10.0. The molecule has 0 spiro atoms. The minimum Gasteiger partial charge on any atom is -0.501 e. The number of nitrogens with one attached hydrogen (secondary N) is 1. The fourth-order valence-corrected chi connectivity index (χ4v) is 2.53. The van der Waals surface area contributed by atoms with Gasteiger partial charge in [-0.2, -0.15) is 0 Å². The van der Waals surface area contributed by atoms with Gasteiger partial charge in [-0.05, 0) is 32.4 Å². The molecular weight excluding hydrogens is 178 g/mol. The van der Waals surface area contributed by atoms with Crippen molar-refractivity contribution in [2.45, 2.75) is 37.8 Å². The van der Waals surface area contributed by atoms with Crippen molar-refractivity contribution in [2.24, 2.45) is 0 Å². The third-order valence-corrected chi connectivity index (χ3v) is 3.26. The molecule has 80 valence electrons. The van der Waals surface area contributed by atoms with E-state index in [2.05, 4.69) is 12.2 Å². The quantitative estimate of drug-likeness (QED) is 0.742. The van der Waals surface area contributed by atoms with E-state index in [1.807, 2.05) is 13.3 Å². The molecule has 0 bridgehead atoms. The molecular formula is C11H19NO2. The van der Waals surface area contributed by atoms with Crippen LogP contribution in [0.1, 0.15) is 26.2 Å². The summed E-state index contributed by atoms with van der Waals surface area (Å²) in [5.41, 5.74) is 1.31. The van der Waals surface area contributed by atoms with Crippen LogP contribution in [0.4, 0.5) is 0 Å². The molecule has 0 amide bonds. The molecule has 1 fully saturated rings. The van der Waals surface area contributed by atoms with E-state index >= 15 is 0 Å². The maximum atomic E-state index is 5.85. The minimum absolute atomic E-state index is 0.0334. The van der Waals surface area contributed by atoms with Gasteiger partial charge < -0.3 is 14.8 Å². The first-order chi connectivity index (χ1) is 6.76. The topological polar surface area (TPSA) is 30.5 Å². The summed E-state index contributed by atoms with van der Waals surface area (Å²) in [6.07, 6.45) is 5.23. The molecule has 0 radical (unpaired) electrons. The van der Waals surface area contributed by atoms with Crippen LogP contribution in [-0.4, -0.2) is 31.9 Å². The molecule has 2 rings (SSSR count). The second kappa shape index (κ2) is 3.91. The molecule has 0 aromatic heterocycles. The zero-order valence-corrected chi connectivity index (χ0v) is 9.01. The molecule has 2 atom stereocenters. The van der Waals surface area contributed by atoms with Crippen LogP contribution in [0.5, 0.6) is 0 Å². The fourth-order valence-electron chi connectivity index (χ4n) is 2.53. The zero-order valence-electron chi connectivity index (χ0n) is 9.01. The maximum Gasteiger partial charge on any atom is 0.0912 e. The Hall–Kier alpha value is -0.540. The van der Waals surface area contributed by atoms with Gasteiger partial charge in [0.25, 0.3) is 0 Å². The largest absolute Gasteiger partial charge is 0.501 e. The molecule has 0 aromatic rings. The first-order valence-electron chi connectivity index (χ1n) is 5.38. The number of likely N-dealkylation sites (N-methyl/N-ethyl adjacent to an activating group) is 1. The average molecular weight is 197 g/mol. The van der Waals surface area contributed by atoms with E-state index in [0.29, 0.717) is 6.04 Å². The minimum atomic E-state index is -0.0334. The highest BCUT2D eigenvalue weighted by molar-refractivity contribution is 5.18. The summed E-state index contributed by atoms with van der Waals surface area (Å²) in [6.45, 7) is 3.91. The first kappa shape index (κ1) is 9.99. The van der Waals surface area contributed by atoms with Crippen molar-refractivity contribution < 1.29 is 9.47 Å². The summed E-state index contributed by atoms with van der Waals surface area (Å²) >= 11 is 0. The Bertz CT molecular complexity index is 231. The lowest BCUT2D eigenvalue weighted by atomic mass is 9.87. The fraction of sp³-hybridized carbons (Fsp3) is 0.818. The second-order valence-electron chi connectivity index (χ2n) is 4.30. The van der Waals surface area contributed by atoms with E-state index in [4.69, 9.17) is 9.47 Å². The van der Waals surface area contributed by atoms with Gasteiger partial charge in [-0.1, -0.05) is 0 Å². The molecule has 1 saturated heterocycles. The van der Waals surface area contributed by atoms with E-state index < -0.39 is 0 Å². The van der Waals surface area contributed by atoms with Crippen LogP contribution in [-0.2, 0) is 9.47 Å². The Morgan fingerprint density at radius 2 is 2.36 bits per heavy atom. The lowest BCUT2D eigenvalue weighted by Gasteiger charge is -2.33. The standard InChI is InChI=1S/C11H19NO2/c1-11(5-3-6-14-11)10(12-2)9-4-7-13-8-9/h8,10,12H,3-7H2,1-2H3. The predicted octanol–water partition coefficient (Wildman–Crippen LogP) is 1.45. The monoisotopic (exact) mass is 197 g/mol. The molecule has 0 aliphatic carbocycles. The summed E-state index contributed by atoms with van der Waals surface area (Å²) in [4.78, 5) is 0. The Morgan fingerprint density at radius 3 is 2.86 bits per heavy atom. The Labute approximate surface area is 85.5 Å². The normalized spacial score (nSPS) is 34.0. The molecule has 2 aliphatic heterocycles. The average Bonchev–Trinajstić information content (AvgIpc) is 2.78. The van der Waals surface area contributed by atoms with Crippen LogP contribution in [0.15, 0.2) is 11.8 Å². The third-order valence-electron chi connectivity index (χ3n) is 3.26. The summed E-state index contributed by atoms with van der Waals surface area (Å²) in [6, 6.07) is 0.312. The van der Waals surface area contributed by atoms with Gasteiger partial charge in [0, 0.05) is 13.0 Å². The van der Waals surface area contributed by atoms with Gasteiger partial charge in [0.1, 0.15) is 0 Å². The lowest BCUT2D eigenvalue weighted by molar-refractivity contribution is -0.000307. The molecule has 2 heterocycles. The first-order valence-corrected chi connectivity index (χ1v) is 5.38. The summed E-state index contributed by atoms with van der Waals surface area (Å²) in [5, 5.41) is 3.35. The molecule has 2 unspecified atom stereocenters. The van der Waals surface area contributed by atoms with E-state index in [0.717, 1.165) is 26.1 Å². The van der Waals surface area contributed by atoms with Gasteiger partial charge in [0.05, 0.1) is 24.5 Å². The highest BCUT2D eigenvalue weighted by Crippen LogP contribution is 2.33. The maximum absolute atomic E-state index is 5.85. The van der Waals surface area contributed by atoms with Gasteiger partial charge in [-0.3, -0.25) is 0 Å². The Balaban J connectivity index is 2.11. The molecule has 3 nitrogen and oxygen atoms in total. The van der Waals surface area contributed by atoms with Crippen LogP contribution >= 0.6 is 0 Å². The van der Waals surface area contributed by atoms with E-state index in [-0.39, 0.29) is 5.60 Å². The molecule has 3 heteroatoms. The predicted molar refractivity (Wildman–Crippen MR) is 55.1 cm³/mol. The molecule has 2 aliphatic rings. The van der Waals surface area contributed by atoms with Crippen molar-refractivity contribution >= 4 is 0 Å². The van der Waals surface area contributed by atoms with Crippen LogP contribution in [0.25, 0.3) is 0 Å². The number of ether oxygens (including phenoxy) is 2. The molecule has 0 aromatic carbocycles. The van der Waals surface area contributed by atoms with E-state index in [9.17, 15) is 0 Å². The van der Waals surface area contributed by atoms with E-state index in [1.165, 1.54) is 12.0 Å². The summed E-state index contributed by atoms with van der Waals surface area (Å²) < 4.78 is 11.1. The molecule has 1 N–H and O–H groups in total. The van der Waals surface area contributed by atoms with Gasteiger partial charge in [-0.25, -0.2) is 0 Å². The van der Waals surface area contributed by atoms with Crippen molar-refractivity contribution in [1.29, 1.82) is 0 Å². The van der Waals surface area contributed by atoms with Crippen LogP contribution < -0.4 is 5.32 Å². The van der Waals surface area contributed by atoms with Crippen molar-refractivity contribution in [2.75, 3.05) is 20.3 Å². The third kappa shape index (κ3) is 1.66. The van der Waals surface area contributed by atoms with Gasteiger partial charge >= 0.3 is 0 Å². The molecule has 14 heavy (non-hydrogen) atoms. The highest BCUT2D eigenvalue weighted by Gasteiger charge is 2.40. The lowest BCUT2D eigenvalue weighted by Crippen LogP contribution is -2.48. The van der Waals surface area contributed by atoms with Gasteiger partial charge in [-0.15, -0.1) is 0 Å². The van der Waals surface area contributed by atoms with Gasteiger partial charge in [0.15, 0.2) is 0 Å². The summed E-state index contributed by atoms with van der Waals surface area (Å²) in [5.74, 6) is 0. The summed E-state index contributed by atoms with van der Waals surface area (Å²) in [7, 11) is 2.00. The van der Waals surface area contributed by atoms with Crippen molar-refractivity contribution in [3.63, 3.8) is 0 Å². The van der Waals surface area contributed by atoms with E-state index in [1.54, 1.807) is 0 Å². The SMILES string of the molecule is CNC(C1=COCC1)C1(C)CCCO1. The second-order valence-corrected chi connectivity index (χ2v) is 4.30. The van der Waals surface area contributed by atoms with Crippen molar-refractivity contribution in [1.82, 2.24) is 5.32 Å². The Morgan fingerprint density at radius 1 is 1.50 bits per heavy atom. The number of rotatable bonds is 3.